The van der Waals surface area contributed by atoms with Gasteiger partial charge in [0.15, 0.2) is 11.5 Å². The molecule has 202 valence electrons. The standard InChI is InChI=1S/C28H33ClN4O4S/c1-7-35-23-14-19(12-13-22(23)36-16(2)3)25-24(26(34)37-17(4)5)18(6)30-27-31-28(32-33(25)27)38-15-20-10-8-9-11-21(20)29/h8-14,16-17,25H,7,15H2,1-6H3,(H,30,31,32). The minimum Gasteiger partial charge on any atom is -0.490 e. The zero-order valence-corrected chi connectivity index (χ0v) is 24.0. The summed E-state index contributed by atoms with van der Waals surface area (Å²) in [5, 5.41) is 9.30. The monoisotopic (exact) mass is 556 g/mol. The predicted octanol–water partition coefficient (Wildman–Crippen LogP) is 6.65. The summed E-state index contributed by atoms with van der Waals surface area (Å²) < 4.78 is 19.2. The van der Waals surface area contributed by atoms with Crippen molar-refractivity contribution in [2.45, 2.75) is 70.7 Å². The summed E-state index contributed by atoms with van der Waals surface area (Å²) in [5.74, 6) is 1.97. The van der Waals surface area contributed by atoms with E-state index in [0.717, 1.165) is 11.1 Å². The molecule has 2 aromatic carbocycles. The number of rotatable bonds is 10. The molecule has 1 aliphatic heterocycles. The van der Waals surface area contributed by atoms with Gasteiger partial charge < -0.3 is 19.5 Å². The SMILES string of the molecule is CCOc1cc(C2C(C(=O)OC(C)C)=C(C)Nc3nc(SCc4ccccc4Cl)nn32)ccc1OC(C)C. The van der Waals surface area contributed by atoms with Crippen molar-refractivity contribution in [2.75, 3.05) is 11.9 Å². The molecule has 2 heterocycles. The minimum absolute atomic E-state index is 0.0164. The number of carbonyl (C=O) groups is 1. The molecule has 0 aliphatic carbocycles. The van der Waals surface area contributed by atoms with Crippen molar-refractivity contribution >= 4 is 35.3 Å². The number of carbonyl (C=O) groups excluding carboxylic acids is 1. The van der Waals surface area contributed by atoms with Crippen LogP contribution in [-0.2, 0) is 15.3 Å². The number of fused-ring (bicyclic) bond motifs is 1. The predicted molar refractivity (Wildman–Crippen MR) is 150 cm³/mol. The van der Waals surface area contributed by atoms with Gasteiger partial charge in [0.05, 0.1) is 24.4 Å². The fraction of sp³-hybridized carbons (Fsp3) is 0.393. The number of ether oxygens (including phenoxy) is 3. The maximum atomic E-state index is 13.3. The highest BCUT2D eigenvalue weighted by molar-refractivity contribution is 7.98. The molecule has 1 N–H and O–H groups in total. The molecule has 0 spiro atoms. The van der Waals surface area contributed by atoms with E-state index in [9.17, 15) is 4.79 Å². The molecule has 1 aliphatic rings. The third kappa shape index (κ3) is 6.27. The quantitative estimate of drug-likeness (QED) is 0.219. The Balaban J connectivity index is 1.75. The normalized spacial score (nSPS) is 14.9. The van der Waals surface area contributed by atoms with Crippen LogP contribution in [-0.4, -0.2) is 39.5 Å². The van der Waals surface area contributed by atoms with Crippen molar-refractivity contribution in [3.05, 3.63) is 69.9 Å². The van der Waals surface area contributed by atoms with E-state index in [1.807, 2.05) is 84.0 Å². The molecule has 0 bridgehead atoms. The number of thioether (sulfide) groups is 1. The van der Waals surface area contributed by atoms with Crippen molar-refractivity contribution in [1.29, 1.82) is 0 Å². The Bertz CT molecular complexity index is 1340. The van der Waals surface area contributed by atoms with E-state index >= 15 is 0 Å². The zero-order valence-electron chi connectivity index (χ0n) is 22.4. The second-order valence-electron chi connectivity index (χ2n) is 9.37. The average molecular weight is 557 g/mol. The Kier molecular flexibility index (Phi) is 8.89. The van der Waals surface area contributed by atoms with Crippen LogP contribution < -0.4 is 14.8 Å². The molecule has 1 atom stereocenters. The lowest BCUT2D eigenvalue weighted by Gasteiger charge is -2.29. The maximum absolute atomic E-state index is 13.3. The van der Waals surface area contributed by atoms with Crippen LogP contribution in [0.5, 0.6) is 11.5 Å². The van der Waals surface area contributed by atoms with Gasteiger partial charge in [0.2, 0.25) is 11.1 Å². The molecule has 10 heteroatoms. The number of hydrogen-bond acceptors (Lipinski definition) is 8. The van der Waals surface area contributed by atoms with Gasteiger partial charge in [-0.1, -0.05) is 47.6 Å². The lowest BCUT2D eigenvalue weighted by atomic mass is 9.95. The van der Waals surface area contributed by atoms with Crippen LogP contribution in [0, 0.1) is 0 Å². The van der Waals surface area contributed by atoms with Crippen LogP contribution in [0.3, 0.4) is 0 Å². The molecule has 3 aromatic rings. The van der Waals surface area contributed by atoms with Gasteiger partial charge in [0.25, 0.3) is 0 Å². The first kappa shape index (κ1) is 27.9. The smallest absolute Gasteiger partial charge is 0.338 e. The van der Waals surface area contributed by atoms with Gasteiger partial charge in [-0.3, -0.25) is 0 Å². The van der Waals surface area contributed by atoms with E-state index in [1.165, 1.54) is 11.8 Å². The Morgan fingerprint density at radius 3 is 2.58 bits per heavy atom. The zero-order chi connectivity index (χ0) is 27.4. The highest BCUT2D eigenvalue weighted by atomic mass is 35.5. The van der Waals surface area contributed by atoms with Crippen molar-refractivity contribution in [3.63, 3.8) is 0 Å². The van der Waals surface area contributed by atoms with Gasteiger partial charge in [-0.05, 0) is 70.9 Å². The molecule has 0 saturated heterocycles. The summed E-state index contributed by atoms with van der Waals surface area (Å²) in [6, 6.07) is 12.8. The van der Waals surface area contributed by atoms with E-state index < -0.39 is 12.0 Å². The number of benzene rings is 2. The number of nitrogens with zero attached hydrogens (tertiary/aromatic N) is 3. The first-order valence-corrected chi connectivity index (χ1v) is 14.0. The maximum Gasteiger partial charge on any atom is 0.338 e. The highest BCUT2D eigenvalue weighted by Gasteiger charge is 2.36. The van der Waals surface area contributed by atoms with Crippen LogP contribution in [0.2, 0.25) is 5.02 Å². The van der Waals surface area contributed by atoms with Gasteiger partial charge in [0.1, 0.15) is 6.04 Å². The fourth-order valence-corrected chi connectivity index (χ4v) is 5.23. The van der Waals surface area contributed by atoms with Crippen LogP contribution in [0.4, 0.5) is 5.95 Å². The van der Waals surface area contributed by atoms with Crippen LogP contribution in [0.25, 0.3) is 0 Å². The van der Waals surface area contributed by atoms with Gasteiger partial charge in [-0.2, -0.15) is 4.98 Å². The van der Waals surface area contributed by atoms with Crippen molar-refractivity contribution in [3.8, 4) is 11.5 Å². The van der Waals surface area contributed by atoms with Gasteiger partial charge in [-0.15, -0.1) is 5.10 Å². The number of aromatic nitrogens is 3. The molecule has 0 amide bonds. The van der Waals surface area contributed by atoms with E-state index in [-0.39, 0.29) is 12.2 Å². The number of anilines is 1. The van der Waals surface area contributed by atoms with E-state index in [1.54, 1.807) is 4.68 Å². The van der Waals surface area contributed by atoms with Crippen molar-refractivity contribution in [2.24, 2.45) is 0 Å². The van der Waals surface area contributed by atoms with Crippen molar-refractivity contribution < 1.29 is 19.0 Å². The third-order valence-corrected chi connectivity index (χ3v) is 6.91. The third-order valence-electron chi connectivity index (χ3n) is 5.66. The summed E-state index contributed by atoms with van der Waals surface area (Å²) >= 11 is 7.82. The lowest BCUT2D eigenvalue weighted by molar-refractivity contribution is -0.143. The fourth-order valence-electron chi connectivity index (χ4n) is 4.11. The Morgan fingerprint density at radius 2 is 1.89 bits per heavy atom. The van der Waals surface area contributed by atoms with Crippen LogP contribution in [0.1, 0.15) is 58.7 Å². The molecular formula is C28H33ClN4O4S. The van der Waals surface area contributed by atoms with Gasteiger partial charge >= 0.3 is 5.97 Å². The number of esters is 1. The largest absolute Gasteiger partial charge is 0.490 e. The molecule has 1 aromatic heterocycles. The van der Waals surface area contributed by atoms with Crippen LogP contribution >= 0.6 is 23.4 Å². The summed E-state index contributed by atoms with van der Waals surface area (Å²) in [6.07, 6.45) is -0.291. The summed E-state index contributed by atoms with van der Waals surface area (Å²) in [5.41, 5.74) is 2.91. The minimum atomic E-state index is -0.577. The average Bonchev–Trinajstić information content (AvgIpc) is 3.25. The van der Waals surface area contributed by atoms with Gasteiger partial charge in [-0.25, -0.2) is 9.48 Å². The number of halogens is 1. The summed E-state index contributed by atoms with van der Waals surface area (Å²) in [6.45, 7) is 11.8. The molecule has 0 saturated carbocycles. The topological polar surface area (TPSA) is 87.5 Å². The van der Waals surface area contributed by atoms with Crippen LogP contribution in [0.15, 0.2) is 58.9 Å². The highest BCUT2D eigenvalue weighted by Crippen LogP contribution is 2.40. The Hall–Kier alpha value is -3.17. The lowest BCUT2D eigenvalue weighted by Crippen LogP contribution is -2.30. The summed E-state index contributed by atoms with van der Waals surface area (Å²) in [4.78, 5) is 18.0. The molecule has 8 nitrogen and oxygen atoms in total. The molecule has 0 fully saturated rings. The van der Waals surface area contributed by atoms with Crippen molar-refractivity contribution in [1.82, 2.24) is 14.8 Å². The molecule has 4 rings (SSSR count). The molecule has 38 heavy (non-hydrogen) atoms. The first-order valence-electron chi connectivity index (χ1n) is 12.6. The number of allylic oxidation sites excluding steroid dienone is 1. The van der Waals surface area contributed by atoms with E-state index in [2.05, 4.69) is 5.32 Å². The van der Waals surface area contributed by atoms with E-state index in [4.69, 9.17) is 35.9 Å². The Labute approximate surface area is 232 Å². The van der Waals surface area contributed by atoms with E-state index in [0.29, 0.717) is 51.3 Å². The second kappa shape index (κ2) is 12.1. The summed E-state index contributed by atoms with van der Waals surface area (Å²) in [7, 11) is 0. The molecular weight excluding hydrogens is 524 g/mol. The molecule has 0 radical (unpaired) electrons. The molecule has 1 unspecified atom stereocenters. The Morgan fingerprint density at radius 1 is 1.13 bits per heavy atom. The second-order valence-corrected chi connectivity index (χ2v) is 10.7. The van der Waals surface area contributed by atoms with Gasteiger partial charge in [0, 0.05) is 16.5 Å². The number of hydrogen-bond donors (Lipinski definition) is 1. The number of nitrogens with one attached hydrogen (secondary N) is 1. The first-order chi connectivity index (χ1) is 18.2.